The Bertz CT molecular complexity index is 956. The summed E-state index contributed by atoms with van der Waals surface area (Å²) in [5, 5.41) is 2.75. The van der Waals surface area contributed by atoms with Crippen LogP contribution in [-0.2, 0) is 11.2 Å². The first-order valence-corrected chi connectivity index (χ1v) is 8.58. The van der Waals surface area contributed by atoms with Crippen molar-refractivity contribution in [1.82, 2.24) is 20.3 Å². The van der Waals surface area contributed by atoms with Crippen LogP contribution in [0.25, 0.3) is 11.4 Å². The van der Waals surface area contributed by atoms with E-state index in [-0.39, 0.29) is 17.9 Å². The summed E-state index contributed by atoms with van der Waals surface area (Å²) < 4.78 is 5.52. The second kappa shape index (κ2) is 8.75. The molecule has 0 aliphatic heterocycles. The molecule has 138 valence electrons. The molecule has 3 aromatic rings. The largest absolute Gasteiger partial charge is 0.492 e. The van der Waals surface area contributed by atoms with Crippen molar-refractivity contribution in [3.63, 3.8) is 0 Å². The fraction of sp³-hybridized carbons (Fsp3) is 0.200. The molecule has 2 heterocycles. The van der Waals surface area contributed by atoms with E-state index in [1.54, 1.807) is 25.4 Å². The first-order chi connectivity index (χ1) is 13.1. The normalized spacial score (nSPS) is 10.4. The minimum Gasteiger partial charge on any atom is -0.492 e. The van der Waals surface area contributed by atoms with Crippen molar-refractivity contribution in [3.05, 3.63) is 76.5 Å². The van der Waals surface area contributed by atoms with Crippen LogP contribution in [0.2, 0.25) is 0 Å². The average Bonchev–Trinajstić information content (AvgIpc) is 2.69. The van der Waals surface area contributed by atoms with E-state index in [1.807, 2.05) is 36.4 Å². The lowest BCUT2D eigenvalue weighted by atomic mass is 10.1. The highest BCUT2D eigenvalue weighted by molar-refractivity contribution is 5.78. The molecule has 1 amide bonds. The molecule has 0 saturated carbocycles. The summed E-state index contributed by atoms with van der Waals surface area (Å²) in [6.45, 7) is 2.42. The fourth-order valence-corrected chi connectivity index (χ4v) is 2.56. The molecule has 7 heteroatoms. The molecule has 0 atom stereocenters. The number of carbonyl (C=O) groups excluding carboxylic acids is 1. The lowest BCUT2D eigenvalue weighted by Gasteiger charge is -2.09. The number of aromatic amines is 1. The first kappa shape index (κ1) is 18.3. The SMILES string of the molecule is Cc1nc(-c2cccnc2)[nH]c(=O)c1CC(=O)NCCOc1ccccc1. The maximum absolute atomic E-state index is 12.4. The third kappa shape index (κ3) is 5.01. The van der Waals surface area contributed by atoms with E-state index in [2.05, 4.69) is 20.3 Å². The Morgan fingerprint density at radius 3 is 2.70 bits per heavy atom. The monoisotopic (exact) mass is 364 g/mol. The van der Waals surface area contributed by atoms with Crippen molar-refractivity contribution in [1.29, 1.82) is 0 Å². The standard InChI is InChI=1S/C20H20N4O3/c1-14-17(20(26)24-19(23-14)15-6-5-9-21-13-15)12-18(25)22-10-11-27-16-7-3-2-4-8-16/h2-9,13H,10-12H2,1H3,(H,22,25)(H,23,24,26). The predicted octanol–water partition coefficient (Wildman–Crippen LogP) is 1.88. The second-order valence-electron chi connectivity index (χ2n) is 5.91. The third-order valence-corrected chi connectivity index (χ3v) is 3.93. The predicted molar refractivity (Wildman–Crippen MR) is 101 cm³/mol. The van der Waals surface area contributed by atoms with Gasteiger partial charge >= 0.3 is 0 Å². The number of para-hydroxylation sites is 1. The summed E-state index contributed by atoms with van der Waals surface area (Å²) >= 11 is 0. The summed E-state index contributed by atoms with van der Waals surface area (Å²) in [4.78, 5) is 35.6. The minimum atomic E-state index is -0.322. The molecule has 0 aliphatic carbocycles. The summed E-state index contributed by atoms with van der Waals surface area (Å²) in [6.07, 6.45) is 3.23. The Morgan fingerprint density at radius 1 is 1.19 bits per heavy atom. The van der Waals surface area contributed by atoms with Crippen LogP contribution in [-0.4, -0.2) is 34.0 Å². The number of nitrogens with one attached hydrogen (secondary N) is 2. The van der Waals surface area contributed by atoms with Gasteiger partial charge in [-0.3, -0.25) is 14.6 Å². The molecule has 0 saturated heterocycles. The van der Waals surface area contributed by atoms with Crippen LogP contribution >= 0.6 is 0 Å². The number of nitrogens with zero attached hydrogens (tertiary/aromatic N) is 2. The number of rotatable bonds is 7. The molecule has 0 unspecified atom stereocenters. The van der Waals surface area contributed by atoms with Crippen LogP contribution in [0.1, 0.15) is 11.3 Å². The van der Waals surface area contributed by atoms with Crippen molar-refractivity contribution in [2.24, 2.45) is 0 Å². The molecule has 3 rings (SSSR count). The van der Waals surface area contributed by atoms with Crippen molar-refractivity contribution >= 4 is 5.91 Å². The number of H-pyrrole nitrogens is 1. The zero-order chi connectivity index (χ0) is 19.1. The fourth-order valence-electron chi connectivity index (χ4n) is 2.56. The van der Waals surface area contributed by atoms with Crippen molar-refractivity contribution < 1.29 is 9.53 Å². The smallest absolute Gasteiger partial charge is 0.255 e. The van der Waals surface area contributed by atoms with Crippen molar-refractivity contribution in [2.75, 3.05) is 13.2 Å². The van der Waals surface area contributed by atoms with E-state index < -0.39 is 0 Å². The number of pyridine rings is 1. The Hall–Kier alpha value is -3.48. The van der Waals surface area contributed by atoms with Crippen molar-refractivity contribution in [2.45, 2.75) is 13.3 Å². The summed E-state index contributed by atoms with van der Waals surface area (Å²) in [6, 6.07) is 12.9. The molecule has 1 aromatic carbocycles. The average molecular weight is 364 g/mol. The molecule has 0 radical (unpaired) electrons. The van der Waals surface area contributed by atoms with Gasteiger partial charge in [-0.2, -0.15) is 0 Å². The first-order valence-electron chi connectivity index (χ1n) is 8.58. The van der Waals surface area contributed by atoms with Gasteiger partial charge in [-0.25, -0.2) is 4.98 Å². The highest BCUT2D eigenvalue weighted by atomic mass is 16.5. The van der Waals surface area contributed by atoms with Gasteiger partial charge in [0.2, 0.25) is 5.91 Å². The van der Waals surface area contributed by atoms with E-state index in [0.29, 0.717) is 35.8 Å². The van der Waals surface area contributed by atoms with E-state index in [4.69, 9.17) is 4.74 Å². The van der Waals surface area contributed by atoms with Gasteiger partial charge in [0.15, 0.2) is 0 Å². The minimum absolute atomic E-state index is 0.0349. The van der Waals surface area contributed by atoms with E-state index in [9.17, 15) is 9.59 Å². The molecule has 0 bridgehead atoms. The van der Waals surface area contributed by atoms with Gasteiger partial charge in [-0.15, -0.1) is 0 Å². The Labute approximate surface area is 156 Å². The number of hydrogen-bond donors (Lipinski definition) is 2. The quantitative estimate of drug-likeness (QED) is 0.624. The Balaban J connectivity index is 1.57. The molecule has 2 aromatic heterocycles. The number of benzene rings is 1. The number of aromatic nitrogens is 3. The van der Waals surface area contributed by atoms with Gasteiger partial charge in [0.1, 0.15) is 18.2 Å². The Kier molecular flexibility index (Phi) is 5.94. The Morgan fingerprint density at radius 2 is 2.00 bits per heavy atom. The molecule has 2 N–H and O–H groups in total. The lowest BCUT2D eigenvalue weighted by molar-refractivity contribution is -0.120. The zero-order valence-electron chi connectivity index (χ0n) is 14.9. The summed E-state index contributed by atoms with van der Waals surface area (Å²) in [5.74, 6) is 0.927. The molecule has 0 aliphatic rings. The maximum Gasteiger partial charge on any atom is 0.255 e. The van der Waals surface area contributed by atoms with Gasteiger partial charge in [0, 0.05) is 29.2 Å². The van der Waals surface area contributed by atoms with Crippen molar-refractivity contribution in [3.8, 4) is 17.1 Å². The van der Waals surface area contributed by atoms with Crippen LogP contribution in [0.3, 0.4) is 0 Å². The molecular formula is C20H20N4O3. The maximum atomic E-state index is 12.4. The molecule has 7 nitrogen and oxygen atoms in total. The van der Waals surface area contributed by atoms with Gasteiger partial charge < -0.3 is 15.0 Å². The zero-order valence-corrected chi connectivity index (χ0v) is 14.9. The van der Waals surface area contributed by atoms with Gasteiger partial charge in [0.25, 0.3) is 5.56 Å². The lowest BCUT2D eigenvalue weighted by Crippen LogP contribution is -2.32. The second-order valence-corrected chi connectivity index (χ2v) is 5.91. The number of hydrogen-bond acceptors (Lipinski definition) is 5. The summed E-state index contributed by atoms with van der Waals surface area (Å²) in [7, 11) is 0. The highest BCUT2D eigenvalue weighted by Gasteiger charge is 2.13. The van der Waals surface area contributed by atoms with Crippen LogP contribution in [0, 0.1) is 6.92 Å². The van der Waals surface area contributed by atoms with E-state index >= 15 is 0 Å². The number of aryl methyl sites for hydroxylation is 1. The van der Waals surface area contributed by atoms with Crippen LogP contribution < -0.4 is 15.6 Å². The van der Waals surface area contributed by atoms with E-state index in [0.717, 1.165) is 5.75 Å². The molecule has 0 fully saturated rings. The molecule has 27 heavy (non-hydrogen) atoms. The van der Waals surface area contributed by atoms with Gasteiger partial charge in [-0.05, 0) is 31.2 Å². The third-order valence-electron chi connectivity index (χ3n) is 3.93. The molecular weight excluding hydrogens is 344 g/mol. The van der Waals surface area contributed by atoms with Gasteiger partial charge in [-0.1, -0.05) is 18.2 Å². The van der Waals surface area contributed by atoms with Crippen LogP contribution in [0.15, 0.2) is 59.7 Å². The van der Waals surface area contributed by atoms with Gasteiger partial charge in [0.05, 0.1) is 13.0 Å². The molecule has 0 spiro atoms. The van der Waals surface area contributed by atoms with E-state index in [1.165, 1.54) is 0 Å². The van der Waals surface area contributed by atoms with Crippen LogP contribution in [0.4, 0.5) is 0 Å². The number of amides is 1. The number of ether oxygens (including phenoxy) is 1. The number of carbonyl (C=O) groups is 1. The summed E-state index contributed by atoms with van der Waals surface area (Å²) in [5.41, 5.74) is 1.27. The van der Waals surface area contributed by atoms with Crippen LogP contribution in [0.5, 0.6) is 5.75 Å². The highest BCUT2D eigenvalue weighted by Crippen LogP contribution is 2.12. The topological polar surface area (TPSA) is 97.0 Å².